The molecule has 3 aliphatic rings. The monoisotopic (exact) mass is 366 g/mol. The molecule has 1 atom stereocenters. The first kappa shape index (κ1) is 19.2. The van der Waals surface area contributed by atoms with Gasteiger partial charge in [0, 0.05) is 39.1 Å². The van der Waals surface area contributed by atoms with Gasteiger partial charge < -0.3 is 14.5 Å². The van der Waals surface area contributed by atoms with Crippen LogP contribution in [-0.4, -0.2) is 60.0 Å². The molecule has 3 rings (SSSR count). The van der Waals surface area contributed by atoms with Crippen LogP contribution in [0.5, 0.6) is 0 Å². The van der Waals surface area contributed by atoms with Crippen LogP contribution >= 0.6 is 11.8 Å². The summed E-state index contributed by atoms with van der Waals surface area (Å²) in [5.74, 6) is 0.319. The molecule has 0 spiro atoms. The predicted octanol–water partition coefficient (Wildman–Crippen LogP) is 4.02. The first-order valence-electron chi connectivity index (χ1n) is 10.2. The molecule has 25 heavy (non-hydrogen) atoms. The van der Waals surface area contributed by atoms with E-state index in [9.17, 15) is 4.79 Å². The van der Waals surface area contributed by atoms with Crippen LogP contribution in [0.3, 0.4) is 0 Å². The number of amides is 1. The first-order valence-corrected chi connectivity index (χ1v) is 11.0. The molecule has 3 aliphatic heterocycles. The van der Waals surface area contributed by atoms with Crippen molar-refractivity contribution in [1.29, 1.82) is 0 Å². The van der Waals surface area contributed by atoms with Crippen molar-refractivity contribution < 1.29 is 9.53 Å². The highest BCUT2D eigenvalue weighted by molar-refractivity contribution is 8.04. The molecule has 3 heterocycles. The minimum absolute atomic E-state index is 0.0700. The zero-order valence-corrected chi connectivity index (χ0v) is 16.8. The summed E-state index contributed by atoms with van der Waals surface area (Å²) in [6.07, 6.45) is 8.54. The number of carbonyl (C=O) groups is 1. The maximum atomic E-state index is 12.2. The number of carbonyl (C=O) groups excluding carboxylic acids is 1. The maximum Gasteiger partial charge on any atom is 0.222 e. The largest absolute Gasteiger partial charge is 0.364 e. The van der Waals surface area contributed by atoms with Gasteiger partial charge in [-0.3, -0.25) is 4.79 Å². The van der Waals surface area contributed by atoms with Crippen molar-refractivity contribution in [2.24, 2.45) is 0 Å². The molecule has 142 valence electrons. The minimum atomic E-state index is -0.0700. The molecule has 1 unspecified atom stereocenters. The number of ether oxygens (including phenoxy) is 1. The fourth-order valence-corrected chi connectivity index (χ4v) is 5.65. The van der Waals surface area contributed by atoms with Gasteiger partial charge in [0.1, 0.15) is 4.93 Å². The number of hydrogen-bond donors (Lipinski definition) is 0. The van der Waals surface area contributed by atoms with Gasteiger partial charge in [0.05, 0.1) is 0 Å². The van der Waals surface area contributed by atoms with Crippen molar-refractivity contribution in [3.8, 4) is 0 Å². The lowest BCUT2D eigenvalue weighted by Crippen LogP contribution is -2.36. The Morgan fingerprint density at radius 2 is 2.04 bits per heavy atom. The van der Waals surface area contributed by atoms with Crippen LogP contribution in [0.1, 0.15) is 65.2 Å². The van der Waals surface area contributed by atoms with Gasteiger partial charge >= 0.3 is 0 Å². The number of nitrogens with zero attached hydrogens (tertiary/aromatic N) is 2. The van der Waals surface area contributed by atoms with Gasteiger partial charge in [-0.05, 0) is 62.1 Å². The van der Waals surface area contributed by atoms with Crippen molar-refractivity contribution in [1.82, 2.24) is 9.80 Å². The van der Waals surface area contributed by atoms with E-state index in [1.54, 1.807) is 0 Å². The molecule has 0 N–H and O–H groups in total. The predicted molar refractivity (Wildman–Crippen MR) is 105 cm³/mol. The molecule has 4 nitrogen and oxygen atoms in total. The Morgan fingerprint density at radius 3 is 2.76 bits per heavy atom. The van der Waals surface area contributed by atoms with E-state index in [0.29, 0.717) is 12.3 Å². The summed E-state index contributed by atoms with van der Waals surface area (Å²) in [6, 6.07) is 0. The van der Waals surface area contributed by atoms with Crippen molar-refractivity contribution >= 4 is 17.7 Å². The van der Waals surface area contributed by atoms with Crippen LogP contribution in [0.2, 0.25) is 0 Å². The number of thioether (sulfide) groups is 1. The highest BCUT2D eigenvalue weighted by Crippen LogP contribution is 2.51. The van der Waals surface area contributed by atoms with E-state index in [2.05, 4.69) is 23.6 Å². The lowest BCUT2D eigenvalue weighted by Gasteiger charge is -2.28. The summed E-state index contributed by atoms with van der Waals surface area (Å²) >= 11 is 1.96. The Kier molecular flexibility index (Phi) is 6.86. The fourth-order valence-electron chi connectivity index (χ4n) is 4.19. The second-order valence-corrected chi connectivity index (χ2v) is 9.08. The van der Waals surface area contributed by atoms with Crippen LogP contribution < -0.4 is 0 Å². The quantitative estimate of drug-likeness (QED) is 0.608. The maximum absolute atomic E-state index is 12.2. The zero-order valence-electron chi connectivity index (χ0n) is 16.0. The van der Waals surface area contributed by atoms with Crippen molar-refractivity contribution in [2.75, 3.05) is 39.3 Å². The minimum Gasteiger partial charge on any atom is -0.364 e. The molecule has 1 amide bonds. The molecule has 0 aliphatic carbocycles. The molecular formula is C20H34N2O2S. The summed E-state index contributed by atoms with van der Waals surface area (Å²) in [6.45, 7) is 10.6. The second kappa shape index (κ2) is 8.92. The van der Waals surface area contributed by atoms with Crippen molar-refractivity contribution in [3.05, 3.63) is 10.5 Å². The van der Waals surface area contributed by atoms with Crippen LogP contribution in [0.4, 0.5) is 0 Å². The van der Waals surface area contributed by atoms with Crippen LogP contribution in [-0.2, 0) is 9.53 Å². The van der Waals surface area contributed by atoms with Crippen molar-refractivity contribution in [2.45, 2.75) is 70.1 Å². The van der Waals surface area contributed by atoms with Crippen molar-refractivity contribution in [3.63, 3.8) is 0 Å². The molecule has 0 aromatic carbocycles. The summed E-state index contributed by atoms with van der Waals surface area (Å²) in [4.78, 5) is 18.3. The number of rotatable bonds is 8. The van der Waals surface area contributed by atoms with Crippen LogP contribution in [0, 0.1) is 0 Å². The first-order chi connectivity index (χ1) is 12.2. The van der Waals surface area contributed by atoms with Gasteiger partial charge in [-0.15, -0.1) is 0 Å². The summed E-state index contributed by atoms with van der Waals surface area (Å²) < 4.78 is 6.43. The topological polar surface area (TPSA) is 32.8 Å². The molecule has 1 saturated heterocycles. The Morgan fingerprint density at radius 1 is 1.24 bits per heavy atom. The number of likely N-dealkylation sites (tertiary alicyclic amines) is 1. The SMILES string of the molecule is CCCC(=O)N1CCC2=C(C1)CC(CC)(OCCCN1CCCC1)S2. The molecule has 0 radical (unpaired) electrons. The van der Waals surface area contributed by atoms with Crippen LogP contribution in [0.25, 0.3) is 0 Å². The van der Waals surface area contributed by atoms with Gasteiger partial charge in [0.2, 0.25) is 5.91 Å². The Bertz CT molecular complexity index is 502. The Hall–Kier alpha value is -0.520. The molecular weight excluding hydrogens is 332 g/mol. The highest BCUT2D eigenvalue weighted by atomic mass is 32.2. The molecule has 0 bridgehead atoms. The summed E-state index contributed by atoms with van der Waals surface area (Å²) in [7, 11) is 0. The highest BCUT2D eigenvalue weighted by Gasteiger charge is 2.41. The lowest BCUT2D eigenvalue weighted by atomic mass is 10.0. The third-order valence-electron chi connectivity index (χ3n) is 5.71. The van der Waals surface area contributed by atoms with Gasteiger partial charge in [0.15, 0.2) is 0 Å². The lowest BCUT2D eigenvalue weighted by molar-refractivity contribution is -0.131. The third kappa shape index (κ3) is 4.81. The van der Waals surface area contributed by atoms with Crippen LogP contribution in [0.15, 0.2) is 10.5 Å². The molecule has 0 saturated carbocycles. The molecule has 0 aromatic heterocycles. The molecule has 0 aromatic rings. The van der Waals surface area contributed by atoms with E-state index in [0.717, 1.165) is 51.8 Å². The third-order valence-corrected chi connectivity index (χ3v) is 7.38. The normalized spacial score (nSPS) is 27.2. The van der Waals surface area contributed by atoms with E-state index >= 15 is 0 Å². The fraction of sp³-hybridized carbons (Fsp3) is 0.850. The average Bonchev–Trinajstić information content (AvgIpc) is 3.26. The van der Waals surface area contributed by atoms with Gasteiger partial charge in [-0.25, -0.2) is 0 Å². The van der Waals surface area contributed by atoms with Gasteiger partial charge in [0.25, 0.3) is 0 Å². The molecule has 1 fully saturated rings. The Balaban J connectivity index is 1.47. The van der Waals surface area contributed by atoms with E-state index < -0.39 is 0 Å². The smallest absolute Gasteiger partial charge is 0.222 e. The average molecular weight is 367 g/mol. The van der Waals surface area contributed by atoms with E-state index in [-0.39, 0.29) is 4.93 Å². The van der Waals surface area contributed by atoms with E-state index in [1.165, 1.54) is 43.0 Å². The van der Waals surface area contributed by atoms with E-state index in [4.69, 9.17) is 4.74 Å². The Labute approximate surface area is 157 Å². The molecule has 5 heteroatoms. The standard InChI is InChI=1S/C20H34N2O2S/c1-3-8-19(23)22-13-9-18-17(16-22)15-20(4-2,25-18)24-14-7-12-21-10-5-6-11-21/h3-16H2,1-2H3. The zero-order chi connectivity index (χ0) is 17.7. The number of hydrogen-bond acceptors (Lipinski definition) is 4. The van der Waals surface area contributed by atoms with Gasteiger partial charge in [-0.1, -0.05) is 25.6 Å². The summed E-state index contributed by atoms with van der Waals surface area (Å²) in [5, 5.41) is 0. The van der Waals surface area contributed by atoms with Gasteiger partial charge in [-0.2, -0.15) is 0 Å². The summed E-state index contributed by atoms with van der Waals surface area (Å²) in [5.41, 5.74) is 1.46. The second-order valence-electron chi connectivity index (χ2n) is 7.64. The van der Waals surface area contributed by atoms with E-state index in [1.807, 2.05) is 11.8 Å².